The van der Waals surface area contributed by atoms with Gasteiger partial charge in [0.05, 0.1) is 6.61 Å². The van der Waals surface area contributed by atoms with E-state index < -0.39 is 0 Å². The molecule has 3 heteroatoms. The third kappa shape index (κ3) is 4.12. The maximum atomic E-state index is 5.86. The molecular weight excluding hydrogens is 222 g/mol. The monoisotopic (exact) mass is 241 g/mol. The molecule has 1 aromatic rings. The molecule has 1 N–H and O–H groups in total. The summed E-state index contributed by atoms with van der Waals surface area (Å²) in [7, 11) is 1.73. The first kappa shape index (κ1) is 13.5. The third-order valence-corrected chi connectivity index (χ3v) is 2.97. The summed E-state index contributed by atoms with van der Waals surface area (Å²) in [5.74, 6) is 0. The fourth-order valence-corrected chi connectivity index (χ4v) is 1.81. The maximum Gasteiger partial charge on any atom is 0.0615 e. The minimum absolute atomic E-state index is 0.317. The zero-order valence-electron chi connectivity index (χ0n) is 10.2. The molecule has 2 nitrogen and oxygen atoms in total. The van der Waals surface area contributed by atoms with Crippen molar-refractivity contribution in [1.29, 1.82) is 0 Å². The normalized spacial score (nSPS) is 14.8. The van der Waals surface area contributed by atoms with Crippen molar-refractivity contribution < 1.29 is 4.74 Å². The van der Waals surface area contributed by atoms with Crippen LogP contribution in [0.3, 0.4) is 0 Å². The molecule has 0 spiro atoms. The summed E-state index contributed by atoms with van der Waals surface area (Å²) < 4.78 is 5.17. The van der Waals surface area contributed by atoms with Crippen molar-refractivity contribution in [2.45, 2.75) is 32.4 Å². The van der Waals surface area contributed by atoms with Gasteiger partial charge in [-0.2, -0.15) is 0 Å². The van der Waals surface area contributed by atoms with Crippen molar-refractivity contribution >= 4 is 11.6 Å². The molecule has 0 aliphatic rings. The van der Waals surface area contributed by atoms with Crippen molar-refractivity contribution in [2.75, 3.05) is 13.7 Å². The van der Waals surface area contributed by atoms with Crippen LogP contribution in [0.25, 0.3) is 0 Å². The molecule has 0 heterocycles. The van der Waals surface area contributed by atoms with Gasteiger partial charge in [-0.15, -0.1) is 0 Å². The first-order valence-electron chi connectivity index (χ1n) is 5.67. The van der Waals surface area contributed by atoms with Gasteiger partial charge < -0.3 is 10.1 Å². The fourth-order valence-electron chi connectivity index (χ4n) is 1.69. The smallest absolute Gasteiger partial charge is 0.0615 e. The first-order chi connectivity index (χ1) is 7.67. The molecule has 0 bridgehead atoms. The third-order valence-electron chi connectivity index (χ3n) is 2.72. The highest BCUT2D eigenvalue weighted by Gasteiger charge is 2.11. The Bertz CT molecular complexity index is 299. The van der Waals surface area contributed by atoms with Gasteiger partial charge in [0.1, 0.15) is 0 Å². The molecule has 0 aliphatic carbocycles. The van der Waals surface area contributed by atoms with Gasteiger partial charge >= 0.3 is 0 Å². The molecule has 16 heavy (non-hydrogen) atoms. The Hall–Kier alpha value is -0.570. The summed E-state index contributed by atoms with van der Waals surface area (Å²) in [4.78, 5) is 0. The number of halogens is 1. The van der Waals surface area contributed by atoms with E-state index in [2.05, 4.69) is 31.3 Å². The number of hydrogen-bond donors (Lipinski definition) is 1. The number of methoxy groups -OCH3 is 1. The molecule has 90 valence electrons. The summed E-state index contributed by atoms with van der Waals surface area (Å²) in [5.41, 5.74) is 1.25. The van der Waals surface area contributed by atoms with Gasteiger partial charge in [-0.25, -0.2) is 0 Å². The van der Waals surface area contributed by atoms with Gasteiger partial charge in [0, 0.05) is 24.2 Å². The van der Waals surface area contributed by atoms with Crippen molar-refractivity contribution in [2.24, 2.45) is 0 Å². The lowest BCUT2D eigenvalue weighted by Crippen LogP contribution is -2.34. The highest BCUT2D eigenvalue weighted by atomic mass is 35.5. The number of benzene rings is 1. The lowest BCUT2D eigenvalue weighted by atomic mass is 10.1. The van der Waals surface area contributed by atoms with Crippen molar-refractivity contribution in [1.82, 2.24) is 5.32 Å². The second kappa shape index (κ2) is 6.89. The predicted octanol–water partition coefficient (Wildman–Crippen LogP) is 3.42. The largest absolute Gasteiger partial charge is 0.383 e. The Morgan fingerprint density at radius 3 is 2.44 bits per heavy atom. The summed E-state index contributed by atoms with van der Waals surface area (Å²) in [6.07, 6.45) is 1.06. The number of rotatable bonds is 6. The van der Waals surface area contributed by atoms with Crippen LogP contribution in [0.15, 0.2) is 24.3 Å². The molecule has 0 saturated heterocycles. The average Bonchev–Trinajstić information content (AvgIpc) is 2.29. The van der Waals surface area contributed by atoms with E-state index >= 15 is 0 Å². The van der Waals surface area contributed by atoms with E-state index in [0.29, 0.717) is 12.1 Å². The molecule has 0 aromatic heterocycles. The van der Waals surface area contributed by atoms with Crippen molar-refractivity contribution in [3.8, 4) is 0 Å². The molecule has 0 amide bonds. The zero-order valence-corrected chi connectivity index (χ0v) is 10.9. The molecule has 1 rings (SSSR count). The first-order valence-corrected chi connectivity index (χ1v) is 6.05. The van der Waals surface area contributed by atoms with Crippen LogP contribution in [0.5, 0.6) is 0 Å². The van der Waals surface area contributed by atoms with E-state index in [-0.39, 0.29) is 0 Å². The van der Waals surface area contributed by atoms with E-state index in [9.17, 15) is 0 Å². The van der Waals surface area contributed by atoms with Gasteiger partial charge in [0.25, 0.3) is 0 Å². The van der Waals surface area contributed by atoms with Gasteiger partial charge in [0.15, 0.2) is 0 Å². The van der Waals surface area contributed by atoms with Crippen LogP contribution < -0.4 is 5.32 Å². The molecule has 0 aliphatic heterocycles. The minimum Gasteiger partial charge on any atom is -0.383 e. The number of hydrogen-bond acceptors (Lipinski definition) is 2. The number of ether oxygens (including phenoxy) is 1. The lowest BCUT2D eigenvalue weighted by Gasteiger charge is -2.22. The Kier molecular flexibility index (Phi) is 5.81. The Morgan fingerprint density at radius 1 is 1.31 bits per heavy atom. The van der Waals surface area contributed by atoms with Crippen molar-refractivity contribution in [3.05, 3.63) is 34.9 Å². The zero-order chi connectivity index (χ0) is 12.0. The van der Waals surface area contributed by atoms with Crippen LogP contribution in [0.4, 0.5) is 0 Å². The molecule has 2 atom stereocenters. The molecule has 0 saturated carbocycles. The Morgan fingerprint density at radius 2 is 1.94 bits per heavy atom. The fraction of sp³-hybridized carbons (Fsp3) is 0.538. The summed E-state index contributed by atoms with van der Waals surface area (Å²) in [5, 5.41) is 4.31. The van der Waals surface area contributed by atoms with Gasteiger partial charge in [-0.1, -0.05) is 30.7 Å². The van der Waals surface area contributed by atoms with Crippen molar-refractivity contribution in [3.63, 3.8) is 0 Å². The number of nitrogens with one attached hydrogen (secondary N) is 1. The second-order valence-electron chi connectivity index (χ2n) is 4.00. The van der Waals surface area contributed by atoms with E-state index in [0.717, 1.165) is 18.1 Å². The highest BCUT2D eigenvalue weighted by molar-refractivity contribution is 6.30. The van der Waals surface area contributed by atoms with Crippen LogP contribution in [0.1, 0.15) is 31.9 Å². The van der Waals surface area contributed by atoms with Crippen LogP contribution in [0, 0.1) is 0 Å². The second-order valence-corrected chi connectivity index (χ2v) is 4.44. The quantitative estimate of drug-likeness (QED) is 0.824. The van der Waals surface area contributed by atoms with E-state index in [1.54, 1.807) is 7.11 Å². The van der Waals surface area contributed by atoms with Gasteiger partial charge in [-0.3, -0.25) is 0 Å². The Labute approximate surface area is 103 Å². The summed E-state index contributed by atoms with van der Waals surface area (Å²) >= 11 is 5.86. The molecule has 0 radical (unpaired) electrons. The van der Waals surface area contributed by atoms with Crippen LogP contribution in [-0.4, -0.2) is 19.8 Å². The minimum atomic E-state index is 0.317. The molecule has 2 unspecified atom stereocenters. The van der Waals surface area contributed by atoms with Gasteiger partial charge in [0.2, 0.25) is 0 Å². The van der Waals surface area contributed by atoms with Gasteiger partial charge in [-0.05, 0) is 31.0 Å². The SMILES string of the molecule is CCC(COC)NC(C)c1ccc(Cl)cc1. The predicted molar refractivity (Wildman–Crippen MR) is 69.0 cm³/mol. The molecular formula is C13H20ClNO. The summed E-state index contributed by atoms with van der Waals surface area (Å²) in [6, 6.07) is 8.67. The van der Waals surface area contributed by atoms with E-state index in [1.165, 1.54) is 5.56 Å². The summed E-state index contributed by atoms with van der Waals surface area (Å²) in [6.45, 7) is 5.06. The lowest BCUT2D eigenvalue weighted by molar-refractivity contribution is 0.159. The van der Waals surface area contributed by atoms with E-state index in [4.69, 9.17) is 16.3 Å². The Balaban J connectivity index is 2.56. The van der Waals surface area contributed by atoms with Crippen LogP contribution in [0.2, 0.25) is 5.02 Å². The highest BCUT2D eigenvalue weighted by Crippen LogP contribution is 2.16. The molecule has 0 fully saturated rings. The van der Waals surface area contributed by atoms with Crippen LogP contribution >= 0.6 is 11.6 Å². The molecule has 1 aromatic carbocycles. The topological polar surface area (TPSA) is 21.3 Å². The maximum absolute atomic E-state index is 5.86. The average molecular weight is 242 g/mol. The van der Waals surface area contributed by atoms with E-state index in [1.807, 2.05) is 12.1 Å². The standard InChI is InChI=1S/C13H20ClNO/c1-4-13(9-16-3)15-10(2)11-5-7-12(14)8-6-11/h5-8,10,13,15H,4,9H2,1-3H3. The van der Waals surface area contributed by atoms with Crippen LogP contribution in [-0.2, 0) is 4.74 Å².